The molecular formula is C10H22N2O. The van der Waals surface area contributed by atoms with Gasteiger partial charge in [-0.1, -0.05) is 6.92 Å². The summed E-state index contributed by atoms with van der Waals surface area (Å²) in [6.07, 6.45) is 0. The van der Waals surface area contributed by atoms with Crippen molar-refractivity contribution in [2.75, 3.05) is 39.3 Å². The van der Waals surface area contributed by atoms with E-state index in [-0.39, 0.29) is 12.1 Å². The molecule has 1 N–H and O–H groups in total. The van der Waals surface area contributed by atoms with Crippen LogP contribution in [0.2, 0.25) is 0 Å². The fourth-order valence-electron chi connectivity index (χ4n) is 1.77. The molecule has 0 spiro atoms. The Morgan fingerprint density at radius 3 is 2.08 bits per heavy atom. The van der Waals surface area contributed by atoms with Crippen LogP contribution in [0.5, 0.6) is 0 Å². The summed E-state index contributed by atoms with van der Waals surface area (Å²) in [6, 6.07) is 0. The largest absolute Gasteiger partial charge is 0.394 e. The first-order valence-corrected chi connectivity index (χ1v) is 5.18. The lowest BCUT2D eigenvalue weighted by molar-refractivity contribution is 0.0181. The molecule has 0 amide bonds. The van der Waals surface area contributed by atoms with Crippen molar-refractivity contribution in [1.29, 1.82) is 0 Å². The fourth-order valence-corrected chi connectivity index (χ4v) is 1.77. The third-order valence-electron chi connectivity index (χ3n) is 3.06. The number of nitrogens with zero attached hydrogens (tertiary/aromatic N) is 2. The number of rotatable bonds is 3. The van der Waals surface area contributed by atoms with E-state index in [4.69, 9.17) is 0 Å². The van der Waals surface area contributed by atoms with Crippen LogP contribution in [0.25, 0.3) is 0 Å². The molecule has 0 aliphatic carbocycles. The molecule has 0 aromatic rings. The maximum atomic E-state index is 9.21. The molecule has 0 unspecified atom stereocenters. The van der Waals surface area contributed by atoms with Crippen molar-refractivity contribution in [2.45, 2.75) is 26.3 Å². The highest BCUT2D eigenvalue weighted by Crippen LogP contribution is 2.15. The van der Waals surface area contributed by atoms with Gasteiger partial charge in [0, 0.05) is 31.7 Å². The second-order valence-corrected chi connectivity index (χ2v) is 4.39. The van der Waals surface area contributed by atoms with Crippen molar-refractivity contribution < 1.29 is 5.11 Å². The molecule has 3 heteroatoms. The van der Waals surface area contributed by atoms with Gasteiger partial charge >= 0.3 is 0 Å². The molecule has 13 heavy (non-hydrogen) atoms. The van der Waals surface area contributed by atoms with Crippen LogP contribution in [-0.4, -0.2) is 59.8 Å². The topological polar surface area (TPSA) is 26.7 Å². The number of likely N-dealkylation sites (N-methyl/N-ethyl adjacent to an activating group) is 1. The second kappa shape index (κ2) is 4.40. The minimum absolute atomic E-state index is 0.0418. The van der Waals surface area contributed by atoms with Gasteiger partial charge in [0.25, 0.3) is 0 Å². The lowest BCUT2D eigenvalue weighted by atomic mass is 10.0. The molecule has 0 aromatic carbocycles. The second-order valence-electron chi connectivity index (χ2n) is 4.39. The maximum Gasteiger partial charge on any atom is 0.0610 e. The van der Waals surface area contributed by atoms with Gasteiger partial charge in [-0.15, -0.1) is 0 Å². The van der Waals surface area contributed by atoms with Crippen LogP contribution in [0.1, 0.15) is 20.8 Å². The third-order valence-corrected chi connectivity index (χ3v) is 3.06. The Morgan fingerprint density at radius 1 is 1.15 bits per heavy atom. The molecule has 0 bridgehead atoms. The lowest BCUT2D eigenvalue weighted by Crippen LogP contribution is -2.55. The summed E-state index contributed by atoms with van der Waals surface area (Å²) in [5.41, 5.74) is -0.0418. The predicted octanol–water partition coefficient (Wildman–Crippen LogP) is 0.395. The van der Waals surface area contributed by atoms with E-state index in [9.17, 15) is 5.11 Å². The van der Waals surface area contributed by atoms with Crippen molar-refractivity contribution >= 4 is 0 Å². The minimum Gasteiger partial charge on any atom is -0.394 e. The molecular weight excluding hydrogens is 164 g/mol. The SMILES string of the molecule is CCN1CCN(C(C)(C)CO)CC1. The van der Waals surface area contributed by atoms with Gasteiger partial charge in [0.2, 0.25) is 0 Å². The summed E-state index contributed by atoms with van der Waals surface area (Å²) in [7, 11) is 0. The molecule has 0 atom stereocenters. The quantitative estimate of drug-likeness (QED) is 0.691. The Labute approximate surface area is 81.3 Å². The van der Waals surface area contributed by atoms with Crippen LogP contribution in [-0.2, 0) is 0 Å². The highest BCUT2D eigenvalue weighted by Gasteiger charge is 2.28. The van der Waals surface area contributed by atoms with Gasteiger partial charge in [-0.25, -0.2) is 0 Å². The minimum atomic E-state index is -0.0418. The molecule has 1 aliphatic heterocycles. The number of aliphatic hydroxyl groups excluding tert-OH is 1. The molecule has 1 heterocycles. The average Bonchev–Trinajstić information content (AvgIpc) is 2.18. The van der Waals surface area contributed by atoms with Crippen LogP contribution >= 0.6 is 0 Å². The summed E-state index contributed by atoms with van der Waals surface area (Å²) >= 11 is 0. The predicted molar refractivity (Wildman–Crippen MR) is 54.9 cm³/mol. The van der Waals surface area contributed by atoms with Crippen molar-refractivity contribution in [1.82, 2.24) is 9.80 Å². The zero-order chi connectivity index (χ0) is 9.90. The Kier molecular flexibility index (Phi) is 3.71. The number of piperazine rings is 1. The van der Waals surface area contributed by atoms with Crippen molar-refractivity contribution in [3.63, 3.8) is 0 Å². The van der Waals surface area contributed by atoms with Gasteiger partial charge in [-0.2, -0.15) is 0 Å². The molecule has 1 rings (SSSR count). The van der Waals surface area contributed by atoms with Crippen molar-refractivity contribution in [2.24, 2.45) is 0 Å². The van der Waals surface area contributed by atoms with E-state index < -0.39 is 0 Å². The molecule has 3 nitrogen and oxygen atoms in total. The summed E-state index contributed by atoms with van der Waals surface area (Å²) < 4.78 is 0. The Balaban J connectivity index is 2.40. The maximum absolute atomic E-state index is 9.21. The van der Waals surface area contributed by atoms with E-state index in [0.29, 0.717) is 0 Å². The first-order chi connectivity index (χ1) is 6.10. The normalized spacial score (nSPS) is 22.2. The first-order valence-electron chi connectivity index (χ1n) is 5.18. The van der Waals surface area contributed by atoms with Crippen LogP contribution in [0.15, 0.2) is 0 Å². The smallest absolute Gasteiger partial charge is 0.0610 e. The van der Waals surface area contributed by atoms with Crippen LogP contribution < -0.4 is 0 Å². The van der Waals surface area contributed by atoms with Crippen LogP contribution in [0, 0.1) is 0 Å². The van der Waals surface area contributed by atoms with Crippen molar-refractivity contribution in [3.05, 3.63) is 0 Å². The Hall–Kier alpha value is -0.120. The zero-order valence-corrected chi connectivity index (χ0v) is 9.08. The van der Waals surface area contributed by atoms with Gasteiger partial charge < -0.3 is 10.0 Å². The molecule has 1 saturated heterocycles. The highest BCUT2D eigenvalue weighted by atomic mass is 16.3. The van der Waals surface area contributed by atoms with E-state index >= 15 is 0 Å². The van der Waals surface area contributed by atoms with Gasteiger partial charge in [0.15, 0.2) is 0 Å². The number of hydrogen-bond acceptors (Lipinski definition) is 3. The number of aliphatic hydroxyl groups is 1. The Bertz CT molecular complexity index is 151. The van der Waals surface area contributed by atoms with Gasteiger partial charge in [0.05, 0.1) is 6.61 Å². The van der Waals surface area contributed by atoms with Gasteiger partial charge in [-0.3, -0.25) is 4.90 Å². The van der Waals surface area contributed by atoms with Gasteiger partial charge in [-0.05, 0) is 20.4 Å². The first kappa shape index (κ1) is 11.0. The average molecular weight is 186 g/mol. The van der Waals surface area contributed by atoms with Crippen molar-refractivity contribution in [3.8, 4) is 0 Å². The Morgan fingerprint density at radius 2 is 1.69 bits per heavy atom. The summed E-state index contributed by atoms with van der Waals surface area (Å²) in [6.45, 7) is 12.3. The fraction of sp³-hybridized carbons (Fsp3) is 1.00. The molecule has 1 aliphatic rings. The monoisotopic (exact) mass is 186 g/mol. The number of hydrogen-bond donors (Lipinski definition) is 1. The van der Waals surface area contributed by atoms with Crippen LogP contribution in [0.3, 0.4) is 0 Å². The van der Waals surface area contributed by atoms with E-state index in [1.54, 1.807) is 0 Å². The van der Waals surface area contributed by atoms with E-state index in [2.05, 4.69) is 30.6 Å². The molecule has 0 saturated carbocycles. The highest BCUT2D eigenvalue weighted by molar-refractivity contribution is 4.84. The standard InChI is InChI=1S/C10H22N2O/c1-4-11-5-7-12(8-6-11)10(2,3)9-13/h13H,4-9H2,1-3H3. The van der Waals surface area contributed by atoms with Crippen LogP contribution in [0.4, 0.5) is 0 Å². The summed E-state index contributed by atoms with van der Waals surface area (Å²) in [5, 5.41) is 9.21. The van der Waals surface area contributed by atoms with Gasteiger partial charge in [0.1, 0.15) is 0 Å². The summed E-state index contributed by atoms with van der Waals surface area (Å²) in [5.74, 6) is 0. The molecule has 78 valence electrons. The summed E-state index contributed by atoms with van der Waals surface area (Å²) in [4.78, 5) is 4.82. The molecule has 1 fully saturated rings. The zero-order valence-electron chi connectivity index (χ0n) is 9.08. The van der Waals surface area contributed by atoms with E-state index in [1.165, 1.54) is 0 Å². The molecule has 0 radical (unpaired) electrons. The van der Waals surface area contributed by atoms with E-state index in [1.807, 2.05) is 0 Å². The molecule has 0 aromatic heterocycles. The van der Waals surface area contributed by atoms with E-state index in [0.717, 1.165) is 32.7 Å². The lowest BCUT2D eigenvalue weighted by Gasteiger charge is -2.42. The third kappa shape index (κ3) is 2.66.